The maximum Gasteiger partial charge on any atom is 0.329 e. The van der Waals surface area contributed by atoms with E-state index in [9.17, 15) is 0 Å². The first kappa shape index (κ1) is 12.0. The molecule has 0 unspecified atom stereocenters. The molecule has 18 heavy (non-hydrogen) atoms. The molecule has 0 bridgehead atoms. The standard InChI is InChI=1S/C14H15ClN2S/c15-11-5-3-10(4-6-11)14(7-1-2-8-14)12-9-18-13(16)17-12/h3-6,9H,1-2,7-8H2,(H2,16,17)/p+1. The van der Waals surface area contributed by atoms with Crippen LogP contribution in [0.1, 0.15) is 36.9 Å². The van der Waals surface area contributed by atoms with Gasteiger partial charge in [-0.2, -0.15) is 0 Å². The zero-order valence-electron chi connectivity index (χ0n) is 10.1. The van der Waals surface area contributed by atoms with Crippen molar-refractivity contribution in [2.45, 2.75) is 31.1 Å². The molecule has 0 saturated heterocycles. The molecule has 94 valence electrons. The Labute approximate surface area is 116 Å². The monoisotopic (exact) mass is 279 g/mol. The average Bonchev–Trinajstić information content (AvgIpc) is 2.99. The van der Waals surface area contributed by atoms with E-state index in [1.54, 1.807) is 11.3 Å². The third kappa shape index (κ3) is 1.91. The van der Waals surface area contributed by atoms with Crippen molar-refractivity contribution in [3.05, 3.63) is 45.9 Å². The van der Waals surface area contributed by atoms with E-state index in [1.165, 1.54) is 36.9 Å². The Kier molecular flexibility index (Phi) is 3.04. The zero-order valence-corrected chi connectivity index (χ0v) is 11.7. The quantitative estimate of drug-likeness (QED) is 0.895. The normalized spacial score (nSPS) is 18.1. The summed E-state index contributed by atoms with van der Waals surface area (Å²) in [6.45, 7) is 0. The topological polar surface area (TPSA) is 40.2 Å². The summed E-state index contributed by atoms with van der Waals surface area (Å²) >= 11 is 7.57. The Morgan fingerprint density at radius 3 is 2.39 bits per heavy atom. The molecule has 0 spiro atoms. The minimum Gasteiger partial charge on any atom is -0.278 e. The van der Waals surface area contributed by atoms with Gasteiger partial charge in [-0.3, -0.25) is 5.73 Å². The van der Waals surface area contributed by atoms with Crippen LogP contribution in [0.2, 0.25) is 5.02 Å². The molecule has 0 radical (unpaired) electrons. The summed E-state index contributed by atoms with van der Waals surface area (Å²) in [7, 11) is 0. The van der Waals surface area contributed by atoms with Crippen LogP contribution in [0.4, 0.5) is 5.13 Å². The molecule has 1 saturated carbocycles. The van der Waals surface area contributed by atoms with E-state index < -0.39 is 0 Å². The Morgan fingerprint density at radius 2 is 1.83 bits per heavy atom. The fraction of sp³-hybridized carbons (Fsp3) is 0.357. The molecule has 1 fully saturated rings. The van der Waals surface area contributed by atoms with Crippen molar-refractivity contribution >= 4 is 28.1 Å². The maximum atomic E-state index is 5.99. The molecule has 0 atom stereocenters. The van der Waals surface area contributed by atoms with Crippen LogP contribution in [0, 0.1) is 0 Å². The fourth-order valence-corrected chi connectivity index (χ4v) is 3.83. The van der Waals surface area contributed by atoms with Gasteiger partial charge in [0.15, 0.2) is 0 Å². The summed E-state index contributed by atoms with van der Waals surface area (Å²) in [4.78, 5) is 3.34. The molecular formula is C14H16ClN2S+. The van der Waals surface area contributed by atoms with Gasteiger partial charge in [-0.1, -0.05) is 47.9 Å². The molecule has 4 heteroatoms. The maximum absolute atomic E-state index is 5.99. The minimum absolute atomic E-state index is 0.110. The smallest absolute Gasteiger partial charge is 0.278 e. The van der Waals surface area contributed by atoms with Crippen molar-refractivity contribution in [2.75, 3.05) is 5.73 Å². The number of halogens is 1. The van der Waals surface area contributed by atoms with Gasteiger partial charge in [-0.05, 0) is 30.5 Å². The number of benzene rings is 1. The highest BCUT2D eigenvalue weighted by atomic mass is 35.5. The first-order chi connectivity index (χ1) is 8.71. The van der Waals surface area contributed by atoms with Gasteiger partial charge in [0, 0.05) is 10.4 Å². The van der Waals surface area contributed by atoms with E-state index in [1.807, 2.05) is 12.1 Å². The summed E-state index contributed by atoms with van der Waals surface area (Å²) < 4.78 is 0. The third-order valence-electron chi connectivity index (χ3n) is 3.93. The first-order valence-electron chi connectivity index (χ1n) is 6.23. The lowest BCUT2D eigenvalue weighted by atomic mass is 9.76. The van der Waals surface area contributed by atoms with Crippen LogP contribution in [-0.4, -0.2) is 0 Å². The van der Waals surface area contributed by atoms with Gasteiger partial charge >= 0.3 is 5.13 Å². The van der Waals surface area contributed by atoms with E-state index >= 15 is 0 Å². The number of rotatable bonds is 2. The molecule has 0 amide bonds. The summed E-state index contributed by atoms with van der Waals surface area (Å²) in [6.07, 6.45) is 4.90. The van der Waals surface area contributed by atoms with E-state index in [0.717, 1.165) is 10.2 Å². The largest absolute Gasteiger partial charge is 0.329 e. The predicted octanol–water partition coefficient (Wildman–Crippen LogP) is 3.66. The molecule has 2 nitrogen and oxygen atoms in total. The van der Waals surface area contributed by atoms with Gasteiger partial charge in [0.05, 0.1) is 5.41 Å². The van der Waals surface area contributed by atoms with Crippen LogP contribution >= 0.6 is 22.9 Å². The van der Waals surface area contributed by atoms with Crippen molar-refractivity contribution in [1.29, 1.82) is 0 Å². The highest BCUT2D eigenvalue weighted by Gasteiger charge is 2.40. The summed E-state index contributed by atoms with van der Waals surface area (Å²) in [5, 5.41) is 3.74. The molecule has 3 rings (SSSR count). The van der Waals surface area contributed by atoms with Crippen molar-refractivity contribution in [1.82, 2.24) is 0 Å². The number of thiazole rings is 1. The first-order valence-corrected chi connectivity index (χ1v) is 7.49. The number of nitrogens with one attached hydrogen (secondary N) is 1. The second-order valence-electron chi connectivity index (χ2n) is 4.93. The van der Waals surface area contributed by atoms with Crippen LogP contribution in [0.5, 0.6) is 0 Å². The van der Waals surface area contributed by atoms with Crippen LogP contribution < -0.4 is 10.7 Å². The molecule has 2 aromatic rings. The zero-order chi connectivity index (χ0) is 12.6. The molecule has 3 N–H and O–H groups in total. The molecule has 0 aliphatic heterocycles. The summed E-state index contributed by atoms with van der Waals surface area (Å²) in [5.74, 6) is 0. The minimum atomic E-state index is 0.110. The number of H-pyrrole nitrogens is 1. The predicted molar refractivity (Wildman–Crippen MR) is 76.0 cm³/mol. The van der Waals surface area contributed by atoms with E-state index in [0.29, 0.717) is 0 Å². The van der Waals surface area contributed by atoms with Gasteiger partial charge < -0.3 is 0 Å². The van der Waals surface area contributed by atoms with Gasteiger partial charge in [0.25, 0.3) is 0 Å². The van der Waals surface area contributed by atoms with Gasteiger partial charge in [-0.15, -0.1) is 0 Å². The fourth-order valence-electron chi connectivity index (χ4n) is 3.01. The SMILES string of the molecule is Nc1[nH+]c(C2(c3ccc(Cl)cc3)CCCC2)cs1. The molecular weight excluding hydrogens is 264 g/mol. The second kappa shape index (κ2) is 4.56. The third-order valence-corrected chi connectivity index (χ3v) is 4.89. The lowest BCUT2D eigenvalue weighted by Crippen LogP contribution is -2.30. The highest BCUT2D eigenvalue weighted by molar-refractivity contribution is 7.13. The lowest BCUT2D eigenvalue weighted by Gasteiger charge is -2.26. The number of nitrogens with two attached hydrogens (primary N) is 1. The number of nitrogen functional groups attached to an aromatic ring is 1. The molecule has 1 heterocycles. The van der Waals surface area contributed by atoms with Crippen LogP contribution in [0.3, 0.4) is 0 Å². The Hall–Kier alpha value is -1.06. The van der Waals surface area contributed by atoms with Crippen LogP contribution in [0.15, 0.2) is 29.6 Å². The van der Waals surface area contributed by atoms with Crippen LogP contribution in [-0.2, 0) is 5.41 Å². The van der Waals surface area contributed by atoms with Gasteiger partial charge in [-0.25, -0.2) is 4.98 Å². The Bertz CT molecular complexity index is 541. The van der Waals surface area contributed by atoms with Crippen LogP contribution in [0.25, 0.3) is 0 Å². The highest BCUT2D eigenvalue weighted by Crippen LogP contribution is 2.45. The van der Waals surface area contributed by atoms with Crippen molar-refractivity contribution in [2.24, 2.45) is 0 Å². The number of aromatic amines is 1. The van der Waals surface area contributed by atoms with Crippen molar-refractivity contribution in [3.63, 3.8) is 0 Å². The number of anilines is 1. The summed E-state index contributed by atoms with van der Waals surface area (Å²) in [5.41, 5.74) is 8.56. The van der Waals surface area contributed by atoms with Gasteiger partial charge in [0.1, 0.15) is 5.69 Å². The van der Waals surface area contributed by atoms with Crippen molar-refractivity contribution < 1.29 is 4.98 Å². The molecule has 1 aromatic carbocycles. The Balaban J connectivity index is 2.09. The van der Waals surface area contributed by atoms with Gasteiger partial charge in [0.2, 0.25) is 0 Å². The molecule has 1 aliphatic carbocycles. The average molecular weight is 280 g/mol. The van der Waals surface area contributed by atoms with E-state index in [4.69, 9.17) is 17.3 Å². The summed E-state index contributed by atoms with van der Waals surface area (Å²) in [6, 6.07) is 8.25. The second-order valence-corrected chi connectivity index (χ2v) is 6.28. The number of hydrogen-bond acceptors (Lipinski definition) is 2. The molecule has 1 aromatic heterocycles. The number of aromatic nitrogens is 1. The van der Waals surface area contributed by atoms with Crippen molar-refractivity contribution in [3.8, 4) is 0 Å². The molecule has 1 aliphatic rings. The van der Waals surface area contributed by atoms with E-state index in [-0.39, 0.29) is 5.41 Å². The lowest BCUT2D eigenvalue weighted by molar-refractivity contribution is -0.373. The number of hydrogen-bond donors (Lipinski definition) is 1. The van der Waals surface area contributed by atoms with E-state index in [2.05, 4.69) is 22.5 Å². The Morgan fingerprint density at radius 1 is 1.17 bits per heavy atom.